The van der Waals surface area contributed by atoms with Crippen LogP contribution in [0, 0.1) is 5.92 Å². The van der Waals surface area contributed by atoms with Gasteiger partial charge in [0, 0.05) is 11.8 Å². The Kier molecular flexibility index (Phi) is 3.52. The first kappa shape index (κ1) is 11.8. The van der Waals surface area contributed by atoms with Crippen molar-refractivity contribution in [2.45, 2.75) is 31.8 Å². The summed E-state index contributed by atoms with van der Waals surface area (Å²) in [6.07, 6.45) is 3.11. The summed E-state index contributed by atoms with van der Waals surface area (Å²) >= 11 is 0. The molecule has 0 heterocycles. The lowest BCUT2D eigenvalue weighted by atomic mass is 9.87. The molecule has 4 heteroatoms. The number of anilines is 1. The molecule has 1 fully saturated rings. The summed E-state index contributed by atoms with van der Waals surface area (Å²) in [6, 6.07) is 7.34. The lowest BCUT2D eigenvalue weighted by Crippen LogP contribution is -2.27. The average molecular weight is 235 g/mol. The second-order valence-corrected chi connectivity index (χ2v) is 4.50. The molecule has 0 radical (unpaired) electrons. The van der Waals surface area contributed by atoms with Crippen molar-refractivity contribution in [3.8, 4) is 5.75 Å². The fourth-order valence-corrected chi connectivity index (χ4v) is 2.21. The smallest absolute Gasteiger partial charge is 0.306 e. The zero-order valence-electron chi connectivity index (χ0n) is 9.63. The van der Waals surface area contributed by atoms with E-state index in [-0.39, 0.29) is 12.0 Å². The van der Waals surface area contributed by atoms with Crippen LogP contribution in [0.1, 0.15) is 25.7 Å². The minimum Gasteiger partial charge on any atom is -0.490 e. The molecule has 0 saturated heterocycles. The van der Waals surface area contributed by atoms with Crippen LogP contribution in [0.25, 0.3) is 0 Å². The molecule has 0 atom stereocenters. The van der Waals surface area contributed by atoms with Gasteiger partial charge in [-0.2, -0.15) is 0 Å². The largest absolute Gasteiger partial charge is 0.490 e. The predicted octanol–water partition coefficient (Wildman–Crippen LogP) is 2.29. The van der Waals surface area contributed by atoms with Crippen LogP contribution in [0.2, 0.25) is 0 Å². The van der Waals surface area contributed by atoms with Crippen LogP contribution in [0.15, 0.2) is 24.3 Å². The number of hydrogen-bond acceptors (Lipinski definition) is 3. The van der Waals surface area contributed by atoms with E-state index in [1.54, 1.807) is 6.07 Å². The van der Waals surface area contributed by atoms with Gasteiger partial charge in [0.05, 0.1) is 12.0 Å². The van der Waals surface area contributed by atoms with E-state index in [0.29, 0.717) is 18.5 Å². The molecule has 17 heavy (non-hydrogen) atoms. The number of nitrogens with two attached hydrogens (primary N) is 1. The van der Waals surface area contributed by atoms with Crippen molar-refractivity contribution in [2.24, 2.45) is 5.92 Å². The van der Waals surface area contributed by atoms with Gasteiger partial charge in [0.15, 0.2) is 0 Å². The van der Waals surface area contributed by atoms with E-state index >= 15 is 0 Å². The van der Waals surface area contributed by atoms with E-state index in [1.165, 1.54) is 0 Å². The summed E-state index contributed by atoms with van der Waals surface area (Å²) in [7, 11) is 0. The van der Waals surface area contributed by atoms with Gasteiger partial charge in [-0.25, -0.2) is 0 Å². The van der Waals surface area contributed by atoms with Crippen molar-refractivity contribution in [3.63, 3.8) is 0 Å². The molecule has 0 aromatic heterocycles. The van der Waals surface area contributed by atoms with Crippen LogP contribution in [-0.4, -0.2) is 17.2 Å². The molecule has 1 aromatic rings. The summed E-state index contributed by atoms with van der Waals surface area (Å²) in [4.78, 5) is 10.8. The van der Waals surface area contributed by atoms with Gasteiger partial charge >= 0.3 is 5.97 Å². The molecule has 1 aromatic carbocycles. The summed E-state index contributed by atoms with van der Waals surface area (Å²) < 4.78 is 5.79. The van der Waals surface area contributed by atoms with E-state index in [4.69, 9.17) is 15.6 Å². The first-order chi connectivity index (χ1) is 8.15. The van der Waals surface area contributed by atoms with Crippen LogP contribution < -0.4 is 10.5 Å². The minimum atomic E-state index is -0.688. The van der Waals surface area contributed by atoms with Gasteiger partial charge in [-0.15, -0.1) is 0 Å². The summed E-state index contributed by atoms with van der Waals surface area (Å²) in [5.74, 6) is -0.119. The second kappa shape index (κ2) is 5.08. The Balaban J connectivity index is 1.88. The number of hydrogen-bond donors (Lipinski definition) is 2. The summed E-state index contributed by atoms with van der Waals surface area (Å²) in [5, 5.41) is 8.89. The Morgan fingerprint density at radius 2 is 2.00 bits per heavy atom. The van der Waals surface area contributed by atoms with E-state index in [2.05, 4.69) is 0 Å². The molecule has 1 aliphatic rings. The molecular formula is C13H17NO3. The molecule has 0 spiro atoms. The molecular weight excluding hydrogens is 218 g/mol. The van der Waals surface area contributed by atoms with Crippen molar-refractivity contribution in [2.75, 3.05) is 5.73 Å². The third kappa shape index (κ3) is 3.12. The Morgan fingerprint density at radius 3 is 2.59 bits per heavy atom. The van der Waals surface area contributed by atoms with E-state index in [1.807, 2.05) is 18.2 Å². The Bertz CT molecular complexity index is 397. The predicted molar refractivity (Wildman–Crippen MR) is 64.9 cm³/mol. The van der Waals surface area contributed by atoms with Crippen molar-refractivity contribution < 1.29 is 14.6 Å². The highest BCUT2D eigenvalue weighted by Crippen LogP contribution is 2.28. The Morgan fingerprint density at radius 1 is 1.29 bits per heavy atom. The number of ether oxygens (including phenoxy) is 1. The van der Waals surface area contributed by atoms with Crippen molar-refractivity contribution in [1.29, 1.82) is 0 Å². The molecule has 0 unspecified atom stereocenters. The molecule has 92 valence electrons. The molecule has 3 N–H and O–H groups in total. The molecule has 4 nitrogen and oxygen atoms in total. The zero-order chi connectivity index (χ0) is 12.3. The third-order valence-electron chi connectivity index (χ3n) is 3.18. The van der Waals surface area contributed by atoms with Gasteiger partial charge in [-0.1, -0.05) is 6.07 Å². The lowest BCUT2D eigenvalue weighted by molar-refractivity contribution is -0.143. The van der Waals surface area contributed by atoms with Gasteiger partial charge in [0.25, 0.3) is 0 Å². The summed E-state index contributed by atoms with van der Waals surface area (Å²) in [6.45, 7) is 0. The zero-order valence-corrected chi connectivity index (χ0v) is 9.63. The highest BCUT2D eigenvalue weighted by atomic mass is 16.5. The van der Waals surface area contributed by atoms with Gasteiger partial charge in [-0.05, 0) is 37.8 Å². The number of carboxylic acid groups (broad SMARTS) is 1. The number of aliphatic carboxylic acids is 1. The fourth-order valence-electron chi connectivity index (χ4n) is 2.21. The van der Waals surface area contributed by atoms with Crippen molar-refractivity contribution in [3.05, 3.63) is 24.3 Å². The topological polar surface area (TPSA) is 72.5 Å². The molecule has 0 amide bonds. The van der Waals surface area contributed by atoms with Gasteiger partial charge in [0.2, 0.25) is 0 Å². The van der Waals surface area contributed by atoms with E-state index < -0.39 is 5.97 Å². The maximum atomic E-state index is 10.8. The Hall–Kier alpha value is -1.71. The van der Waals surface area contributed by atoms with Crippen molar-refractivity contribution >= 4 is 11.7 Å². The van der Waals surface area contributed by atoms with Crippen LogP contribution in [0.4, 0.5) is 5.69 Å². The van der Waals surface area contributed by atoms with Crippen LogP contribution in [0.5, 0.6) is 5.75 Å². The van der Waals surface area contributed by atoms with Gasteiger partial charge in [0.1, 0.15) is 5.75 Å². The monoisotopic (exact) mass is 235 g/mol. The number of carboxylic acids is 1. The second-order valence-electron chi connectivity index (χ2n) is 4.50. The fraction of sp³-hybridized carbons (Fsp3) is 0.462. The van der Waals surface area contributed by atoms with Crippen LogP contribution in [-0.2, 0) is 4.79 Å². The van der Waals surface area contributed by atoms with Gasteiger partial charge < -0.3 is 15.6 Å². The standard InChI is InChI=1S/C13H17NO3/c14-10-2-1-3-12(8-10)17-11-6-4-9(5-7-11)13(15)16/h1-3,8-9,11H,4-7,14H2,(H,15,16). The molecule has 1 saturated carbocycles. The van der Waals surface area contributed by atoms with Crippen molar-refractivity contribution in [1.82, 2.24) is 0 Å². The third-order valence-corrected chi connectivity index (χ3v) is 3.18. The van der Waals surface area contributed by atoms with Crippen LogP contribution >= 0.6 is 0 Å². The Labute approximate surface area is 100 Å². The minimum absolute atomic E-state index is 0.118. The van der Waals surface area contributed by atoms with Gasteiger partial charge in [-0.3, -0.25) is 4.79 Å². The lowest BCUT2D eigenvalue weighted by Gasteiger charge is -2.26. The average Bonchev–Trinajstić information content (AvgIpc) is 2.29. The maximum absolute atomic E-state index is 10.8. The number of benzene rings is 1. The number of nitrogen functional groups attached to an aromatic ring is 1. The molecule has 0 aliphatic heterocycles. The van der Waals surface area contributed by atoms with E-state index in [0.717, 1.165) is 18.6 Å². The first-order valence-corrected chi connectivity index (χ1v) is 5.90. The quantitative estimate of drug-likeness (QED) is 0.788. The summed E-state index contributed by atoms with van der Waals surface area (Å²) in [5.41, 5.74) is 6.35. The van der Waals surface area contributed by atoms with E-state index in [9.17, 15) is 4.79 Å². The highest BCUT2D eigenvalue weighted by molar-refractivity contribution is 5.70. The molecule has 0 bridgehead atoms. The SMILES string of the molecule is Nc1cccc(OC2CCC(C(=O)O)CC2)c1. The normalized spacial score (nSPS) is 24.2. The number of carbonyl (C=O) groups is 1. The maximum Gasteiger partial charge on any atom is 0.306 e. The van der Waals surface area contributed by atoms with Crippen LogP contribution in [0.3, 0.4) is 0 Å². The molecule has 2 rings (SSSR count). The molecule has 1 aliphatic carbocycles. The number of rotatable bonds is 3. The first-order valence-electron chi connectivity index (χ1n) is 5.90. The highest BCUT2D eigenvalue weighted by Gasteiger charge is 2.26.